The average molecular weight is 583 g/mol. The van der Waals surface area contributed by atoms with E-state index >= 15 is 0 Å². The van der Waals surface area contributed by atoms with Crippen LogP contribution in [-0.2, 0) is 9.59 Å². The van der Waals surface area contributed by atoms with Gasteiger partial charge in [0.05, 0.1) is 5.57 Å². The monoisotopic (exact) mass is 581 g/mol. The molecule has 0 aromatic heterocycles. The number of carboxylic acid groups (broad SMARTS) is 1. The molecule has 5 rings (SSSR count). The predicted molar refractivity (Wildman–Crippen MR) is 165 cm³/mol. The van der Waals surface area contributed by atoms with Crippen LogP contribution in [0, 0.1) is 5.92 Å². The number of hydrogen-bond donors (Lipinski definition) is 2. The summed E-state index contributed by atoms with van der Waals surface area (Å²) >= 11 is 0. The maximum atomic E-state index is 13.2. The highest BCUT2D eigenvalue weighted by Crippen LogP contribution is 2.33. The molecular weight excluding hydrogens is 545 g/mol. The fourth-order valence-corrected chi connectivity index (χ4v) is 5.68. The second kappa shape index (κ2) is 14.4. The van der Waals surface area contributed by atoms with E-state index in [-0.39, 0.29) is 42.7 Å². The Morgan fingerprint density at radius 1 is 0.975 bits per heavy atom. The first-order chi connectivity index (χ1) is 18.5. The van der Waals surface area contributed by atoms with Gasteiger partial charge >= 0.3 is 5.97 Å². The third-order valence-corrected chi connectivity index (χ3v) is 7.87. The van der Waals surface area contributed by atoms with Crippen molar-refractivity contribution < 1.29 is 14.7 Å². The molecule has 3 aromatic rings. The molecule has 1 fully saturated rings. The average Bonchev–Trinajstić information content (AvgIpc) is 3.39. The number of nitrogens with zero attached hydrogens (tertiary/aromatic N) is 2. The number of hydrogen-bond acceptors (Lipinski definition) is 4. The maximum absolute atomic E-state index is 13.2. The Morgan fingerprint density at radius 2 is 1.70 bits per heavy atom. The van der Waals surface area contributed by atoms with Crippen molar-refractivity contribution in [3.8, 4) is 0 Å². The highest BCUT2D eigenvalue weighted by Gasteiger charge is 2.36. The second-order valence-electron chi connectivity index (χ2n) is 10.3. The number of nitrogens with one attached hydrogen (secondary N) is 1. The maximum Gasteiger partial charge on any atom is 0.335 e. The van der Waals surface area contributed by atoms with E-state index in [9.17, 15) is 9.59 Å². The van der Waals surface area contributed by atoms with E-state index in [1.165, 1.54) is 21.9 Å². The van der Waals surface area contributed by atoms with Crippen LogP contribution in [0.1, 0.15) is 36.4 Å². The zero-order chi connectivity index (χ0) is 26.5. The number of carbonyl (C=O) groups excluding carboxylic acids is 1. The smallest absolute Gasteiger partial charge is 0.335 e. The summed E-state index contributed by atoms with van der Waals surface area (Å²) in [5.41, 5.74) is 2.86. The number of fused-ring (bicyclic) bond motifs is 1. The fraction of sp³-hybridized carbons (Fsp3) is 0.312. The van der Waals surface area contributed by atoms with Crippen LogP contribution in [0.2, 0.25) is 0 Å². The molecule has 0 radical (unpaired) electrons. The highest BCUT2D eigenvalue weighted by molar-refractivity contribution is 5.90. The van der Waals surface area contributed by atoms with Crippen molar-refractivity contribution in [1.29, 1.82) is 0 Å². The molecule has 0 unspecified atom stereocenters. The predicted octanol–water partition coefficient (Wildman–Crippen LogP) is 5.81. The summed E-state index contributed by atoms with van der Waals surface area (Å²) in [7, 11) is 0. The zero-order valence-electron chi connectivity index (χ0n) is 22.6. The number of rotatable bonds is 9. The van der Waals surface area contributed by atoms with Crippen molar-refractivity contribution in [1.82, 2.24) is 15.1 Å². The standard InChI is InChI=1S/C32H35N3O3.2ClH/c1-23(28-13-7-11-24-10-5-6-12-29(24)28)33-20-27-21-35(22-30(27)25-8-3-2-4-9-25)31(36)16-19-34-17-14-26(15-18-34)32(37)38;;/h2-15,17,23,27,30,33H,16,18-22H2,1H3,(H,37,38);2*1H/t23-,27+,30-;;/m1../s1. The summed E-state index contributed by atoms with van der Waals surface area (Å²) in [5.74, 6) is -0.176. The molecule has 2 heterocycles. The van der Waals surface area contributed by atoms with Gasteiger partial charge in [-0.25, -0.2) is 4.79 Å². The topological polar surface area (TPSA) is 72.9 Å². The van der Waals surface area contributed by atoms with Crippen molar-refractivity contribution in [2.24, 2.45) is 5.92 Å². The van der Waals surface area contributed by atoms with Crippen molar-refractivity contribution >= 4 is 47.5 Å². The number of halogens is 2. The van der Waals surface area contributed by atoms with Gasteiger partial charge < -0.3 is 20.2 Å². The van der Waals surface area contributed by atoms with Gasteiger partial charge in [-0.15, -0.1) is 24.8 Å². The molecule has 2 N–H and O–H groups in total. The molecule has 1 saturated heterocycles. The van der Waals surface area contributed by atoms with Gasteiger partial charge in [-0.2, -0.15) is 0 Å². The van der Waals surface area contributed by atoms with Gasteiger partial charge in [0.1, 0.15) is 0 Å². The van der Waals surface area contributed by atoms with Crippen molar-refractivity contribution in [2.75, 3.05) is 32.7 Å². The number of aliphatic carboxylic acids is 1. The molecule has 2 aliphatic heterocycles. The molecule has 1 amide bonds. The molecule has 2 aliphatic rings. The summed E-state index contributed by atoms with van der Waals surface area (Å²) in [6.45, 7) is 5.57. The molecule has 0 aliphatic carbocycles. The minimum atomic E-state index is -0.921. The van der Waals surface area contributed by atoms with Gasteiger partial charge in [0, 0.05) is 57.3 Å². The number of benzene rings is 3. The van der Waals surface area contributed by atoms with E-state index in [0.717, 1.165) is 19.6 Å². The van der Waals surface area contributed by atoms with E-state index in [1.54, 1.807) is 18.4 Å². The molecule has 212 valence electrons. The van der Waals surface area contributed by atoms with Crippen LogP contribution >= 0.6 is 24.8 Å². The number of carboxylic acids is 1. The largest absolute Gasteiger partial charge is 0.478 e. The summed E-state index contributed by atoms with van der Waals surface area (Å²) in [6.07, 6.45) is 5.47. The molecule has 0 spiro atoms. The molecule has 3 aromatic carbocycles. The Hall–Kier alpha value is -3.32. The van der Waals surface area contributed by atoms with E-state index in [0.29, 0.717) is 31.0 Å². The lowest BCUT2D eigenvalue weighted by atomic mass is 9.88. The molecule has 8 heteroatoms. The third kappa shape index (κ3) is 7.25. The van der Waals surface area contributed by atoms with E-state index in [4.69, 9.17) is 5.11 Å². The van der Waals surface area contributed by atoms with Crippen molar-refractivity contribution in [3.63, 3.8) is 0 Å². The molecule has 40 heavy (non-hydrogen) atoms. The lowest BCUT2D eigenvalue weighted by molar-refractivity contribution is -0.132. The van der Waals surface area contributed by atoms with Crippen LogP contribution in [0.3, 0.4) is 0 Å². The summed E-state index contributed by atoms with van der Waals surface area (Å²) in [6, 6.07) is 25.7. The first-order valence-corrected chi connectivity index (χ1v) is 13.4. The Kier molecular flexibility index (Phi) is 11.2. The molecule has 0 bridgehead atoms. The van der Waals surface area contributed by atoms with Gasteiger partial charge in [-0.1, -0.05) is 78.9 Å². The van der Waals surface area contributed by atoms with E-state index in [1.807, 2.05) is 15.9 Å². The minimum absolute atomic E-state index is 0. The second-order valence-corrected chi connectivity index (χ2v) is 10.3. The van der Waals surface area contributed by atoms with Crippen LogP contribution in [-0.4, -0.2) is 59.5 Å². The highest BCUT2D eigenvalue weighted by atomic mass is 35.5. The Morgan fingerprint density at radius 3 is 2.42 bits per heavy atom. The summed E-state index contributed by atoms with van der Waals surface area (Å²) < 4.78 is 0. The van der Waals surface area contributed by atoms with Gasteiger partial charge in [-0.3, -0.25) is 4.79 Å². The lowest BCUT2D eigenvalue weighted by Crippen LogP contribution is -2.34. The first kappa shape index (κ1) is 31.2. The summed E-state index contributed by atoms with van der Waals surface area (Å²) in [5, 5.41) is 15.4. The molecule has 6 nitrogen and oxygen atoms in total. The quantitative estimate of drug-likeness (QED) is 0.334. The Balaban J connectivity index is 0.00000220. The Bertz CT molecular complexity index is 1360. The van der Waals surface area contributed by atoms with Crippen molar-refractivity contribution in [2.45, 2.75) is 25.3 Å². The first-order valence-electron chi connectivity index (χ1n) is 13.4. The molecule has 0 saturated carbocycles. The van der Waals surface area contributed by atoms with Crippen LogP contribution in [0.5, 0.6) is 0 Å². The van der Waals surface area contributed by atoms with Crippen LogP contribution < -0.4 is 5.32 Å². The van der Waals surface area contributed by atoms with Crippen LogP contribution in [0.25, 0.3) is 10.8 Å². The number of likely N-dealkylation sites (tertiary alicyclic amines) is 1. The van der Waals surface area contributed by atoms with Gasteiger partial charge in [0.25, 0.3) is 0 Å². The van der Waals surface area contributed by atoms with E-state index < -0.39 is 5.97 Å². The van der Waals surface area contributed by atoms with Crippen LogP contribution in [0.15, 0.2) is 96.7 Å². The zero-order valence-corrected chi connectivity index (χ0v) is 24.2. The lowest BCUT2D eigenvalue weighted by Gasteiger charge is -2.23. The van der Waals surface area contributed by atoms with Gasteiger partial charge in [0.15, 0.2) is 0 Å². The van der Waals surface area contributed by atoms with Crippen LogP contribution in [0.4, 0.5) is 0 Å². The van der Waals surface area contributed by atoms with Gasteiger partial charge in [-0.05, 0) is 40.8 Å². The SMILES string of the molecule is C[C@@H](NC[C@H]1CN(C(=O)CCN2C=CC(C(=O)O)=CC2)C[C@@H]1c1ccccc1)c1cccc2ccccc12.Cl.Cl. The Labute approximate surface area is 248 Å². The third-order valence-electron chi connectivity index (χ3n) is 7.87. The molecular formula is C32H37Cl2N3O3. The molecule has 3 atom stereocenters. The number of amides is 1. The van der Waals surface area contributed by atoms with Crippen molar-refractivity contribution in [3.05, 3.63) is 108 Å². The van der Waals surface area contributed by atoms with E-state index in [2.05, 4.69) is 79.0 Å². The van der Waals surface area contributed by atoms with Gasteiger partial charge in [0.2, 0.25) is 5.91 Å². The minimum Gasteiger partial charge on any atom is -0.478 e. The summed E-state index contributed by atoms with van der Waals surface area (Å²) in [4.78, 5) is 28.3. The fourth-order valence-electron chi connectivity index (χ4n) is 5.68. The normalized spacial score (nSPS) is 19.0. The number of carbonyl (C=O) groups is 2.